The van der Waals surface area contributed by atoms with Gasteiger partial charge in [-0.3, -0.25) is 0 Å². The normalized spacial score (nSPS) is 12.0. The van der Waals surface area contributed by atoms with Gasteiger partial charge in [0.1, 0.15) is 6.10 Å². The van der Waals surface area contributed by atoms with E-state index in [1.807, 2.05) is 29.6 Å². The van der Waals surface area contributed by atoms with E-state index in [4.69, 9.17) is 5.26 Å². The van der Waals surface area contributed by atoms with Gasteiger partial charge in [0.15, 0.2) is 0 Å². The molecule has 2 rings (SSSR count). The minimum absolute atomic E-state index is 0.455. The third-order valence-electron chi connectivity index (χ3n) is 2.62. The molecule has 1 aromatic carbocycles. The first kappa shape index (κ1) is 12.8. The van der Waals surface area contributed by atoms with Crippen LogP contribution in [0, 0.1) is 11.3 Å². The van der Waals surface area contributed by atoms with Crippen LogP contribution in [0.15, 0.2) is 41.8 Å². The quantitative estimate of drug-likeness (QED) is 0.866. The van der Waals surface area contributed by atoms with Gasteiger partial charge in [-0.25, -0.2) is 0 Å². The average Bonchev–Trinajstić information content (AvgIpc) is 2.93. The molecule has 0 bridgehead atoms. The fourth-order valence-corrected chi connectivity index (χ4v) is 2.34. The van der Waals surface area contributed by atoms with Crippen molar-refractivity contribution in [3.8, 4) is 6.07 Å². The van der Waals surface area contributed by atoms with Gasteiger partial charge in [-0.2, -0.15) is 5.26 Å². The van der Waals surface area contributed by atoms with E-state index in [2.05, 4.69) is 11.4 Å². The lowest BCUT2D eigenvalue weighted by Crippen LogP contribution is -2.20. The zero-order chi connectivity index (χ0) is 12.8. The predicted octanol–water partition coefficient (Wildman–Crippen LogP) is 2.44. The van der Waals surface area contributed by atoms with Crippen molar-refractivity contribution in [2.45, 2.75) is 12.6 Å². The molecule has 3 nitrogen and oxygen atoms in total. The second-order valence-corrected chi connectivity index (χ2v) is 4.95. The SMILES string of the molecule is N#Cc1ccc(CNCC(O)c2cccs2)cc1. The van der Waals surface area contributed by atoms with Crippen LogP contribution < -0.4 is 5.32 Å². The Morgan fingerprint density at radius 3 is 2.67 bits per heavy atom. The van der Waals surface area contributed by atoms with Crippen molar-refractivity contribution >= 4 is 11.3 Å². The summed E-state index contributed by atoms with van der Waals surface area (Å²) in [6, 6.07) is 13.4. The summed E-state index contributed by atoms with van der Waals surface area (Å²) in [6.07, 6.45) is -0.455. The number of benzene rings is 1. The first-order valence-corrected chi connectivity index (χ1v) is 6.59. The number of nitrogens with zero attached hydrogens (tertiary/aromatic N) is 1. The number of nitrogens with one attached hydrogen (secondary N) is 1. The number of rotatable bonds is 5. The molecule has 0 amide bonds. The lowest BCUT2D eigenvalue weighted by Gasteiger charge is -2.10. The molecule has 0 saturated heterocycles. The van der Waals surface area contributed by atoms with Crippen LogP contribution in [0.3, 0.4) is 0 Å². The average molecular weight is 258 g/mol. The van der Waals surface area contributed by atoms with Crippen LogP contribution >= 0.6 is 11.3 Å². The number of thiophene rings is 1. The summed E-state index contributed by atoms with van der Waals surface area (Å²) in [6.45, 7) is 1.22. The molecule has 1 atom stereocenters. The minimum atomic E-state index is -0.455. The molecule has 2 N–H and O–H groups in total. The van der Waals surface area contributed by atoms with E-state index in [-0.39, 0.29) is 0 Å². The molecular formula is C14H14N2OS. The molecule has 1 heterocycles. The summed E-state index contributed by atoms with van der Waals surface area (Å²) in [7, 11) is 0. The highest BCUT2D eigenvalue weighted by atomic mass is 32.1. The Bertz CT molecular complexity index is 514. The van der Waals surface area contributed by atoms with Gasteiger partial charge in [0.2, 0.25) is 0 Å². The third kappa shape index (κ3) is 3.41. The monoisotopic (exact) mass is 258 g/mol. The van der Waals surface area contributed by atoms with Gasteiger partial charge in [0.05, 0.1) is 11.6 Å². The Balaban J connectivity index is 1.80. The van der Waals surface area contributed by atoms with E-state index in [1.165, 1.54) is 0 Å². The molecule has 0 aliphatic heterocycles. The van der Waals surface area contributed by atoms with Crippen LogP contribution in [0.2, 0.25) is 0 Å². The van der Waals surface area contributed by atoms with E-state index < -0.39 is 6.10 Å². The highest BCUT2D eigenvalue weighted by Crippen LogP contribution is 2.17. The molecule has 0 aliphatic rings. The highest BCUT2D eigenvalue weighted by Gasteiger charge is 2.07. The van der Waals surface area contributed by atoms with Crippen LogP contribution in [0.4, 0.5) is 0 Å². The molecule has 92 valence electrons. The Labute approximate surface area is 110 Å². The zero-order valence-corrected chi connectivity index (χ0v) is 10.7. The van der Waals surface area contributed by atoms with Crippen LogP contribution in [0.25, 0.3) is 0 Å². The maximum absolute atomic E-state index is 9.87. The fourth-order valence-electron chi connectivity index (χ4n) is 1.63. The minimum Gasteiger partial charge on any atom is -0.386 e. The van der Waals surface area contributed by atoms with E-state index in [0.29, 0.717) is 18.7 Å². The van der Waals surface area contributed by atoms with Crippen LogP contribution in [0.5, 0.6) is 0 Å². The molecule has 2 aromatic rings. The smallest absolute Gasteiger partial charge is 0.101 e. The first-order valence-electron chi connectivity index (χ1n) is 5.71. The number of nitriles is 1. The summed E-state index contributed by atoms with van der Waals surface area (Å²) in [4.78, 5) is 0.974. The third-order valence-corrected chi connectivity index (χ3v) is 3.59. The van der Waals surface area contributed by atoms with Crippen LogP contribution in [-0.4, -0.2) is 11.7 Å². The summed E-state index contributed by atoms with van der Waals surface area (Å²) >= 11 is 1.56. The van der Waals surface area contributed by atoms with Crippen molar-refractivity contribution in [2.75, 3.05) is 6.54 Å². The van der Waals surface area contributed by atoms with Crippen molar-refractivity contribution < 1.29 is 5.11 Å². The highest BCUT2D eigenvalue weighted by molar-refractivity contribution is 7.10. The second-order valence-electron chi connectivity index (χ2n) is 3.97. The van der Waals surface area contributed by atoms with Crippen molar-refractivity contribution in [1.82, 2.24) is 5.32 Å². The van der Waals surface area contributed by atoms with Gasteiger partial charge in [0.25, 0.3) is 0 Å². The molecule has 0 radical (unpaired) electrons. The molecular weight excluding hydrogens is 244 g/mol. The standard InChI is InChI=1S/C14H14N2OS/c15-8-11-3-5-12(6-4-11)9-16-10-13(17)14-2-1-7-18-14/h1-7,13,16-17H,9-10H2. The van der Waals surface area contributed by atoms with Crippen molar-refractivity contribution in [1.29, 1.82) is 5.26 Å². The summed E-state index contributed by atoms with van der Waals surface area (Å²) in [5, 5.41) is 23.7. The van der Waals surface area contributed by atoms with E-state index in [1.54, 1.807) is 23.5 Å². The van der Waals surface area contributed by atoms with Crippen LogP contribution in [-0.2, 0) is 6.54 Å². The van der Waals surface area contributed by atoms with Gasteiger partial charge in [0, 0.05) is 18.0 Å². The lowest BCUT2D eigenvalue weighted by atomic mass is 10.1. The van der Waals surface area contributed by atoms with Gasteiger partial charge < -0.3 is 10.4 Å². The Morgan fingerprint density at radius 2 is 2.06 bits per heavy atom. The molecule has 1 unspecified atom stereocenters. The molecule has 0 fully saturated rings. The van der Waals surface area contributed by atoms with Crippen molar-refractivity contribution in [3.63, 3.8) is 0 Å². The van der Waals surface area contributed by atoms with E-state index in [9.17, 15) is 5.11 Å². The second kappa shape index (κ2) is 6.31. The molecule has 1 aromatic heterocycles. The van der Waals surface area contributed by atoms with Gasteiger partial charge >= 0.3 is 0 Å². The number of aliphatic hydroxyl groups excluding tert-OH is 1. The van der Waals surface area contributed by atoms with Crippen molar-refractivity contribution in [2.24, 2.45) is 0 Å². The zero-order valence-electron chi connectivity index (χ0n) is 9.84. The largest absolute Gasteiger partial charge is 0.386 e. The molecule has 0 saturated carbocycles. The number of hydrogen-bond acceptors (Lipinski definition) is 4. The van der Waals surface area contributed by atoms with Gasteiger partial charge in [-0.15, -0.1) is 11.3 Å². The van der Waals surface area contributed by atoms with Crippen molar-refractivity contribution in [3.05, 3.63) is 57.8 Å². The fraction of sp³-hybridized carbons (Fsp3) is 0.214. The molecule has 0 spiro atoms. The summed E-state index contributed by atoms with van der Waals surface area (Å²) < 4.78 is 0. The number of hydrogen-bond donors (Lipinski definition) is 2. The Hall–Kier alpha value is -1.67. The predicted molar refractivity (Wildman–Crippen MR) is 72.1 cm³/mol. The molecule has 4 heteroatoms. The van der Waals surface area contributed by atoms with Crippen LogP contribution in [0.1, 0.15) is 22.1 Å². The lowest BCUT2D eigenvalue weighted by molar-refractivity contribution is 0.178. The summed E-state index contributed by atoms with van der Waals surface area (Å²) in [5.74, 6) is 0. The van der Waals surface area contributed by atoms with Gasteiger partial charge in [-0.1, -0.05) is 18.2 Å². The maximum atomic E-state index is 9.87. The summed E-state index contributed by atoms with van der Waals surface area (Å²) in [5.41, 5.74) is 1.77. The maximum Gasteiger partial charge on any atom is 0.101 e. The number of aliphatic hydroxyl groups is 1. The topological polar surface area (TPSA) is 56.0 Å². The van der Waals surface area contributed by atoms with Gasteiger partial charge in [-0.05, 0) is 29.1 Å². The Kier molecular flexibility index (Phi) is 4.48. The Morgan fingerprint density at radius 1 is 1.28 bits per heavy atom. The first-order chi connectivity index (χ1) is 8.79. The molecule has 0 aliphatic carbocycles. The molecule has 18 heavy (non-hydrogen) atoms. The van der Waals surface area contributed by atoms with E-state index in [0.717, 1.165) is 10.4 Å². The van der Waals surface area contributed by atoms with E-state index >= 15 is 0 Å².